The molecule has 1 aromatic rings. The molecule has 37 heavy (non-hydrogen) atoms. The number of phenols is 1. The number of carbonyl (C=O) groups is 6. The highest BCUT2D eigenvalue weighted by Crippen LogP contribution is 2.11. The molecule has 4 atom stereocenters. The monoisotopic (exact) mass is 540 g/mol. The van der Waals surface area contributed by atoms with E-state index in [0.717, 1.165) is 0 Å². The number of nitrogens with one attached hydrogen (secondary N) is 3. The molecule has 5 amide bonds. The predicted molar refractivity (Wildman–Crippen MR) is 134 cm³/mol. The van der Waals surface area contributed by atoms with Gasteiger partial charge in [-0.1, -0.05) is 12.1 Å². The molecule has 14 nitrogen and oxygen atoms in total. The average molecular weight is 541 g/mol. The van der Waals surface area contributed by atoms with Gasteiger partial charge in [0.05, 0.1) is 6.04 Å². The molecule has 15 heteroatoms. The summed E-state index contributed by atoms with van der Waals surface area (Å²) in [6, 6.07) is 0.774. The summed E-state index contributed by atoms with van der Waals surface area (Å²) >= 11 is 3.86. The molecular weight excluding hydrogens is 508 g/mol. The van der Waals surface area contributed by atoms with E-state index in [1.54, 1.807) is 12.1 Å². The van der Waals surface area contributed by atoms with E-state index in [2.05, 4.69) is 28.6 Å². The zero-order valence-electron chi connectivity index (χ0n) is 19.9. The fourth-order valence-electron chi connectivity index (χ4n) is 3.10. The molecule has 0 fully saturated rings. The van der Waals surface area contributed by atoms with Crippen molar-refractivity contribution in [2.24, 2.45) is 17.2 Å². The third kappa shape index (κ3) is 11.6. The van der Waals surface area contributed by atoms with Gasteiger partial charge in [0.2, 0.25) is 29.5 Å². The normalized spacial score (nSPS) is 13.9. The number of carbonyl (C=O) groups excluding carboxylic acids is 5. The zero-order valence-corrected chi connectivity index (χ0v) is 20.8. The van der Waals surface area contributed by atoms with Crippen molar-refractivity contribution >= 4 is 48.1 Å². The van der Waals surface area contributed by atoms with Crippen LogP contribution in [-0.2, 0) is 35.2 Å². The summed E-state index contributed by atoms with van der Waals surface area (Å²) < 4.78 is 0. The third-order valence-corrected chi connectivity index (χ3v) is 5.52. The Kier molecular flexibility index (Phi) is 12.9. The number of hydrogen-bond acceptors (Lipinski definition) is 9. The number of aromatic hydroxyl groups is 1. The minimum Gasteiger partial charge on any atom is -0.508 e. The Morgan fingerprint density at radius 1 is 0.784 bits per heavy atom. The van der Waals surface area contributed by atoms with Crippen LogP contribution < -0.4 is 33.2 Å². The SMILES string of the molecule is NC(=O)CCC(NC(=O)C(N)Cc1ccc(O)cc1)C(=O)NC(CCC(N)=O)C(=O)NC(CS)C(=O)O. The first-order valence-electron chi connectivity index (χ1n) is 11.2. The molecule has 0 bridgehead atoms. The van der Waals surface area contributed by atoms with Crippen molar-refractivity contribution in [2.75, 3.05) is 5.75 Å². The van der Waals surface area contributed by atoms with E-state index < -0.39 is 59.7 Å². The highest BCUT2D eigenvalue weighted by molar-refractivity contribution is 7.80. The molecule has 11 N–H and O–H groups in total. The first-order valence-corrected chi connectivity index (χ1v) is 11.8. The van der Waals surface area contributed by atoms with Crippen molar-refractivity contribution in [3.8, 4) is 5.75 Å². The lowest BCUT2D eigenvalue weighted by Crippen LogP contribution is -2.57. The fraction of sp³-hybridized carbons (Fsp3) is 0.455. The number of benzene rings is 1. The summed E-state index contributed by atoms with van der Waals surface area (Å²) in [7, 11) is 0. The molecule has 0 aromatic heterocycles. The molecule has 0 aliphatic heterocycles. The minimum absolute atomic E-state index is 0.0314. The van der Waals surface area contributed by atoms with Gasteiger partial charge in [0, 0.05) is 18.6 Å². The quantitative estimate of drug-likeness (QED) is 0.0984. The van der Waals surface area contributed by atoms with Crippen LogP contribution in [-0.4, -0.2) is 75.6 Å². The average Bonchev–Trinajstić information content (AvgIpc) is 2.83. The Balaban J connectivity index is 3.00. The topological polar surface area (TPSA) is 257 Å². The molecule has 0 spiro atoms. The van der Waals surface area contributed by atoms with E-state index in [-0.39, 0.29) is 43.6 Å². The number of carboxylic acid groups (broad SMARTS) is 1. The first-order chi connectivity index (χ1) is 17.3. The highest BCUT2D eigenvalue weighted by Gasteiger charge is 2.30. The van der Waals surface area contributed by atoms with Crippen LogP contribution in [0.25, 0.3) is 0 Å². The summed E-state index contributed by atoms with van der Waals surface area (Å²) in [6.07, 6.45) is -1.02. The number of carboxylic acids is 1. The van der Waals surface area contributed by atoms with Gasteiger partial charge in [0.15, 0.2) is 0 Å². The second kappa shape index (κ2) is 15.3. The molecule has 204 valence electrons. The Hall–Kier alpha value is -3.85. The molecule has 0 saturated carbocycles. The van der Waals surface area contributed by atoms with Gasteiger partial charge in [-0.25, -0.2) is 4.79 Å². The zero-order chi connectivity index (χ0) is 28.1. The van der Waals surface area contributed by atoms with Gasteiger partial charge in [0.1, 0.15) is 23.9 Å². The number of nitrogens with two attached hydrogens (primary N) is 3. The minimum atomic E-state index is -1.39. The van der Waals surface area contributed by atoms with Crippen molar-refractivity contribution in [3.63, 3.8) is 0 Å². The Labute approximate surface area is 218 Å². The van der Waals surface area contributed by atoms with Crippen molar-refractivity contribution in [3.05, 3.63) is 29.8 Å². The second-order valence-corrected chi connectivity index (χ2v) is 8.56. The molecule has 0 aliphatic rings. The van der Waals surface area contributed by atoms with Crippen LogP contribution in [0.2, 0.25) is 0 Å². The van der Waals surface area contributed by atoms with Gasteiger partial charge < -0.3 is 43.4 Å². The number of hydrogen-bond donors (Lipinski definition) is 9. The number of primary amides is 2. The maximum absolute atomic E-state index is 13.0. The van der Waals surface area contributed by atoms with Crippen LogP contribution in [0, 0.1) is 0 Å². The van der Waals surface area contributed by atoms with E-state index in [0.29, 0.717) is 5.56 Å². The molecule has 1 rings (SSSR count). The van der Waals surface area contributed by atoms with Crippen LogP contribution in [0.5, 0.6) is 5.75 Å². The lowest BCUT2D eigenvalue weighted by atomic mass is 10.0. The summed E-state index contributed by atoms with van der Waals surface area (Å²) in [6.45, 7) is 0. The van der Waals surface area contributed by atoms with E-state index in [4.69, 9.17) is 22.3 Å². The van der Waals surface area contributed by atoms with Gasteiger partial charge in [-0.2, -0.15) is 12.6 Å². The highest BCUT2D eigenvalue weighted by atomic mass is 32.1. The maximum Gasteiger partial charge on any atom is 0.327 e. The van der Waals surface area contributed by atoms with Crippen LogP contribution in [0.15, 0.2) is 24.3 Å². The second-order valence-electron chi connectivity index (χ2n) is 8.19. The summed E-state index contributed by atoms with van der Waals surface area (Å²) in [4.78, 5) is 72.0. The Morgan fingerprint density at radius 3 is 1.62 bits per heavy atom. The smallest absolute Gasteiger partial charge is 0.327 e. The van der Waals surface area contributed by atoms with Crippen molar-refractivity contribution in [1.82, 2.24) is 16.0 Å². The number of aliphatic carboxylic acids is 1. The molecule has 0 radical (unpaired) electrons. The predicted octanol–water partition coefficient (Wildman–Crippen LogP) is -2.74. The summed E-state index contributed by atoms with van der Waals surface area (Å²) in [5.74, 6) is -5.64. The summed E-state index contributed by atoms with van der Waals surface area (Å²) in [5.41, 5.74) is 16.9. The molecule has 0 heterocycles. The van der Waals surface area contributed by atoms with Crippen molar-refractivity contribution in [2.45, 2.75) is 56.3 Å². The molecular formula is C22H32N6O8S. The van der Waals surface area contributed by atoms with Gasteiger partial charge in [-0.15, -0.1) is 0 Å². The van der Waals surface area contributed by atoms with Crippen molar-refractivity contribution < 1.29 is 39.0 Å². The Bertz CT molecular complexity index is 990. The van der Waals surface area contributed by atoms with Gasteiger partial charge in [0.25, 0.3) is 0 Å². The van der Waals surface area contributed by atoms with E-state index in [1.807, 2.05) is 0 Å². The molecule has 0 aliphatic carbocycles. The number of rotatable bonds is 16. The van der Waals surface area contributed by atoms with Gasteiger partial charge >= 0.3 is 5.97 Å². The maximum atomic E-state index is 13.0. The van der Waals surface area contributed by atoms with Crippen LogP contribution in [0.1, 0.15) is 31.2 Å². The lowest BCUT2D eigenvalue weighted by molar-refractivity contribution is -0.141. The number of phenolic OH excluding ortho intramolecular Hbond substituents is 1. The number of thiol groups is 1. The molecule has 0 saturated heterocycles. The third-order valence-electron chi connectivity index (χ3n) is 5.15. The number of amides is 5. The van der Waals surface area contributed by atoms with Crippen LogP contribution in [0.4, 0.5) is 0 Å². The molecule has 4 unspecified atom stereocenters. The van der Waals surface area contributed by atoms with Crippen LogP contribution >= 0.6 is 12.6 Å². The van der Waals surface area contributed by atoms with Crippen molar-refractivity contribution in [1.29, 1.82) is 0 Å². The lowest BCUT2D eigenvalue weighted by Gasteiger charge is -2.25. The first kappa shape index (κ1) is 31.2. The van der Waals surface area contributed by atoms with Gasteiger partial charge in [-0.05, 0) is 37.0 Å². The Morgan fingerprint density at radius 2 is 1.22 bits per heavy atom. The van der Waals surface area contributed by atoms with E-state index in [9.17, 15) is 33.9 Å². The van der Waals surface area contributed by atoms with E-state index >= 15 is 0 Å². The van der Waals surface area contributed by atoms with Gasteiger partial charge in [-0.3, -0.25) is 24.0 Å². The summed E-state index contributed by atoms with van der Waals surface area (Å²) in [5, 5.41) is 25.5. The fourth-order valence-corrected chi connectivity index (χ4v) is 3.35. The van der Waals surface area contributed by atoms with E-state index in [1.165, 1.54) is 12.1 Å². The standard InChI is InChI=1S/C22H32N6O8S/c23-13(9-11-1-3-12(29)4-2-11)19(32)26-14(5-7-17(24)30)20(33)27-15(6-8-18(25)31)21(34)28-16(10-37)22(35)36/h1-4,13-16,29,37H,5-10,23H2,(H2,24,30)(H2,25,31)(H,26,32)(H,27,33)(H,28,34)(H,35,36). The van der Waals surface area contributed by atoms with Crippen LogP contribution in [0.3, 0.4) is 0 Å². The largest absolute Gasteiger partial charge is 0.508 e. The molecule has 1 aromatic carbocycles.